The number of carbonyl (C=O) groups is 4. The van der Waals surface area contributed by atoms with E-state index in [0.717, 1.165) is 17.1 Å². The lowest BCUT2D eigenvalue weighted by molar-refractivity contribution is -0.161. The highest BCUT2D eigenvalue weighted by Gasteiger charge is 2.64. The number of carboxylic acids is 1. The fourth-order valence-corrected chi connectivity index (χ4v) is 7.05. The second-order valence-corrected chi connectivity index (χ2v) is 11.9. The molecule has 37 heavy (non-hydrogen) atoms. The molecule has 0 bridgehead atoms. The van der Waals surface area contributed by atoms with Crippen molar-refractivity contribution in [2.24, 2.45) is 0 Å². The Morgan fingerprint density at radius 2 is 1.84 bits per heavy atom. The maximum atomic E-state index is 13.6. The van der Waals surface area contributed by atoms with Crippen molar-refractivity contribution in [3.05, 3.63) is 44.6 Å². The molecule has 0 spiro atoms. The van der Waals surface area contributed by atoms with Crippen LogP contribution in [-0.4, -0.2) is 76.0 Å². The van der Waals surface area contributed by atoms with E-state index in [2.05, 4.69) is 20.7 Å². The summed E-state index contributed by atoms with van der Waals surface area (Å²) < 4.78 is 0.124. The molecule has 0 radical (unpaired) electrons. The Kier molecular flexibility index (Phi) is 5.89. The summed E-state index contributed by atoms with van der Waals surface area (Å²) in [7, 11) is 0. The lowest BCUT2D eigenvalue weighted by atomic mass is 9.80. The van der Waals surface area contributed by atoms with Gasteiger partial charge in [-0.05, 0) is 32.8 Å². The monoisotopic (exact) mass is 530 g/mol. The van der Waals surface area contributed by atoms with Gasteiger partial charge in [-0.15, -0.1) is 11.8 Å². The second kappa shape index (κ2) is 8.71. The van der Waals surface area contributed by atoms with Crippen LogP contribution in [0.2, 0.25) is 0 Å². The third kappa shape index (κ3) is 3.99. The molecule has 2 aromatic rings. The Hall–Kier alpha value is -3.68. The van der Waals surface area contributed by atoms with Crippen molar-refractivity contribution in [3.8, 4) is 0 Å². The van der Waals surface area contributed by atoms with Gasteiger partial charge in [-0.3, -0.25) is 29.1 Å². The largest absolute Gasteiger partial charge is 0.480 e. The zero-order valence-electron chi connectivity index (χ0n) is 20.1. The van der Waals surface area contributed by atoms with E-state index in [4.69, 9.17) is 0 Å². The number of nitrogens with zero attached hydrogens (tertiary/aromatic N) is 3. The van der Waals surface area contributed by atoms with Gasteiger partial charge in [0.1, 0.15) is 28.6 Å². The molecule has 2 aromatic heterocycles. The SMILES string of the molecule is CC1(C)S[C@@H]2[C@H](NC(=O)C3(NC(=O)c4cnc5ccc(=O)[nH]n5c4=O)CCCCC3)C(=O)N2[C@H]1C(=O)O. The lowest BCUT2D eigenvalue weighted by Crippen LogP contribution is -2.73. The van der Waals surface area contributed by atoms with Gasteiger partial charge in [-0.25, -0.2) is 9.78 Å². The molecular weight excluding hydrogens is 504 g/mol. The van der Waals surface area contributed by atoms with Gasteiger partial charge in [0.2, 0.25) is 11.8 Å². The molecule has 0 aromatic carbocycles. The molecule has 13 nitrogen and oxygen atoms in total. The highest BCUT2D eigenvalue weighted by atomic mass is 32.2. The topological polar surface area (TPSA) is 183 Å². The van der Waals surface area contributed by atoms with E-state index in [1.165, 1.54) is 28.8 Å². The number of β-lactam (4-membered cyclic amide) rings is 1. The molecule has 3 atom stereocenters. The van der Waals surface area contributed by atoms with Crippen molar-refractivity contribution in [2.75, 3.05) is 0 Å². The predicted octanol–water partition coefficient (Wildman–Crippen LogP) is -0.553. The number of rotatable bonds is 5. The van der Waals surface area contributed by atoms with Crippen LogP contribution in [-0.2, 0) is 14.4 Å². The normalized spacial score (nSPS) is 25.7. The number of amides is 3. The summed E-state index contributed by atoms with van der Waals surface area (Å²) in [5.41, 5.74) is -2.90. The number of carboxylic acid groups (broad SMARTS) is 1. The maximum absolute atomic E-state index is 13.6. The molecule has 2 saturated heterocycles. The molecule has 4 N–H and O–H groups in total. The molecule has 5 rings (SSSR count). The molecule has 4 heterocycles. The van der Waals surface area contributed by atoms with Gasteiger partial charge >= 0.3 is 5.97 Å². The Bertz CT molecular complexity index is 1440. The van der Waals surface area contributed by atoms with Crippen LogP contribution in [0.4, 0.5) is 0 Å². The van der Waals surface area contributed by atoms with E-state index in [9.17, 15) is 33.9 Å². The molecule has 14 heteroatoms. The number of nitrogens with one attached hydrogen (secondary N) is 3. The van der Waals surface area contributed by atoms with Crippen molar-refractivity contribution >= 4 is 41.1 Å². The van der Waals surface area contributed by atoms with Crippen molar-refractivity contribution in [3.63, 3.8) is 0 Å². The van der Waals surface area contributed by atoms with Crippen LogP contribution in [0.5, 0.6) is 0 Å². The Labute approximate surface area is 214 Å². The smallest absolute Gasteiger partial charge is 0.327 e. The molecule has 1 saturated carbocycles. The maximum Gasteiger partial charge on any atom is 0.327 e. The van der Waals surface area contributed by atoms with E-state index >= 15 is 0 Å². The van der Waals surface area contributed by atoms with Crippen molar-refractivity contribution in [1.29, 1.82) is 0 Å². The first-order chi connectivity index (χ1) is 17.4. The van der Waals surface area contributed by atoms with Crippen LogP contribution in [0.1, 0.15) is 56.3 Å². The number of fused-ring (bicyclic) bond motifs is 2. The Balaban J connectivity index is 1.39. The molecule has 2 aliphatic heterocycles. The van der Waals surface area contributed by atoms with Crippen LogP contribution in [0, 0.1) is 0 Å². The van der Waals surface area contributed by atoms with Gasteiger partial charge in [0.05, 0.1) is 0 Å². The second-order valence-electron chi connectivity index (χ2n) is 10.1. The molecule has 3 aliphatic rings. The summed E-state index contributed by atoms with van der Waals surface area (Å²) in [6.07, 6.45) is 3.84. The highest BCUT2D eigenvalue weighted by Crippen LogP contribution is 2.50. The molecule has 0 unspecified atom stereocenters. The molecule has 3 fully saturated rings. The fraction of sp³-hybridized carbons (Fsp3) is 0.522. The van der Waals surface area contributed by atoms with Gasteiger partial charge in [-0.1, -0.05) is 19.3 Å². The average Bonchev–Trinajstić information content (AvgIpc) is 3.11. The summed E-state index contributed by atoms with van der Waals surface area (Å²) >= 11 is 1.31. The third-order valence-electron chi connectivity index (χ3n) is 7.30. The van der Waals surface area contributed by atoms with Crippen LogP contribution in [0.3, 0.4) is 0 Å². The zero-order valence-corrected chi connectivity index (χ0v) is 21.0. The van der Waals surface area contributed by atoms with Gasteiger partial charge in [-0.2, -0.15) is 4.52 Å². The van der Waals surface area contributed by atoms with E-state index in [1.807, 2.05) is 0 Å². The zero-order chi connectivity index (χ0) is 26.7. The van der Waals surface area contributed by atoms with Gasteiger partial charge in [0, 0.05) is 17.0 Å². The molecule has 1 aliphatic carbocycles. The summed E-state index contributed by atoms with van der Waals surface area (Å²) in [6, 6.07) is 0.614. The Morgan fingerprint density at radius 3 is 2.51 bits per heavy atom. The van der Waals surface area contributed by atoms with E-state index in [1.54, 1.807) is 13.8 Å². The minimum atomic E-state index is -1.36. The number of H-pyrrole nitrogens is 1. The van der Waals surface area contributed by atoms with Gasteiger partial charge in [0.25, 0.3) is 17.0 Å². The third-order valence-corrected chi connectivity index (χ3v) is 8.87. The first-order valence-corrected chi connectivity index (χ1v) is 12.8. The quantitative estimate of drug-likeness (QED) is 0.368. The number of hydrogen-bond acceptors (Lipinski definition) is 8. The number of aliphatic carboxylic acids is 1. The van der Waals surface area contributed by atoms with E-state index in [0.29, 0.717) is 25.7 Å². The number of thioether (sulfide) groups is 1. The van der Waals surface area contributed by atoms with Gasteiger partial charge in [0.15, 0.2) is 5.65 Å². The fourth-order valence-electron chi connectivity index (χ4n) is 5.42. The number of hydrogen-bond donors (Lipinski definition) is 4. The number of aromatic amines is 1. The molecule has 3 amide bonds. The first kappa shape index (κ1) is 25.0. The van der Waals surface area contributed by atoms with E-state index < -0.39 is 62.6 Å². The van der Waals surface area contributed by atoms with Crippen LogP contribution in [0.25, 0.3) is 5.65 Å². The summed E-state index contributed by atoms with van der Waals surface area (Å²) in [5.74, 6) is -2.97. The first-order valence-electron chi connectivity index (χ1n) is 11.9. The van der Waals surface area contributed by atoms with Crippen molar-refractivity contribution < 1.29 is 24.3 Å². The number of carbonyl (C=O) groups excluding carboxylic acids is 3. The van der Waals surface area contributed by atoms with Crippen LogP contribution in [0.15, 0.2) is 27.9 Å². The summed E-state index contributed by atoms with van der Waals surface area (Å²) in [5, 5.41) is 16.9. The minimum absolute atomic E-state index is 0.149. The van der Waals surface area contributed by atoms with Crippen molar-refractivity contribution in [1.82, 2.24) is 30.1 Å². The van der Waals surface area contributed by atoms with Gasteiger partial charge < -0.3 is 20.6 Å². The standard InChI is InChI=1S/C23H26N6O7S/c1-22(2)15(20(34)35)28-18(33)14(19(28)37-22)25-21(36)23(8-4-3-5-9-23)26-16(31)11-10-24-12-6-7-13(30)27-29(12)17(11)32/h6-7,10,14-15,19H,3-5,8-9H2,1-2H3,(H,25,36)(H,26,31)(H,27,30)(H,34,35)/t14-,15+,19-/m1/s1. The number of aromatic nitrogens is 3. The average molecular weight is 531 g/mol. The Morgan fingerprint density at radius 1 is 1.14 bits per heavy atom. The van der Waals surface area contributed by atoms with Crippen LogP contribution >= 0.6 is 11.8 Å². The lowest BCUT2D eigenvalue weighted by Gasteiger charge is -2.45. The summed E-state index contributed by atoms with van der Waals surface area (Å²) in [4.78, 5) is 81.3. The molecule has 196 valence electrons. The predicted molar refractivity (Wildman–Crippen MR) is 131 cm³/mol. The van der Waals surface area contributed by atoms with Crippen molar-refractivity contribution in [2.45, 2.75) is 73.7 Å². The minimum Gasteiger partial charge on any atom is -0.480 e. The summed E-state index contributed by atoms with van der Waals surface area (Å²) in [6.45, 7) is 3.49. The van der Waals surface area contributed by atoms with E-state index in [-0.39, 0.29) is 11.2 Å². The van der Waals surface area contributed by atoms with Crippen LogP contribution < -0.4 is 21.8 Å². The molecular formula is C23H26N6O7S. The highest BCUT2D eigenvalue weighted by molar-refractivity contribution is 8.01.